The summed E-state index contributed by atoms with van der Waals surface area (Å²) in [5.74, 6) is -2.19. The van der Waals surface area contributed by atoms with Gasteiger partial charge in [-0.25, -0.2) is 13.6 Å². The molecule has 0 aliphatic carbocycles. The molecule has 0 unspecified atom stereocenters. The smallest absolute Gasteiger partial charge is 0.332 e. The Morgan fingerprint density at radius 2 is 1.88 bits per heavy atom. The molecule has 1 amide bonds. The van der Waals surface area contributed by atoms with Crippen LogP contribution in [0.4, 0.5) is 14.5 Å². The second kappa shape index (κ2) is 8.75. The second-order valence-corrected chi connectivity index (χ2v) is 7.84. The highest BCUT2D eigenvalue weighted by Gasteiger charge is 2.17. The molecule has 0 aliphatic rings. The number of nitrogens with one attached hydrogen (secondary N) is 1. The molecule has 0 bridgehead atoms. The Kier molecular flexibility index (Phi) is 5.87. The summed E-state index contributed by atoms with van der Waals surface area (Å²) in [5.41, 5.74) is -0.0676. The first-order valence-electron chi connectivity index (χ1n) is 9.46. The average Bonchev–Trinajstić information content (AvgIpc) is 3.27. The van der Waals surface area contributed by atoms with Gasteiger partial charge in [0.05, 0.1) is 19.2 Å². The van der Waals surface area contributed by atoms with Crippen LogP contribution in [0.1, 0.15) is 5.56 Å². The van der Waals surface area contributed by atoms with E-state index in [-0.39, 0.29) is 12.2 Å². The number of amides is 1. The van der Waals surface area contributed by atoms with Gasteiger partial charge >= 0.3 is 5.69 Å². The van der Waals surface area contributed by atoms with Gasteiger partial charge in [0.1, 0.15) is 17.0 Å². The van der Waals surface area contributed by atoms with Crippen LogP contribution in [0.5, 0.6) is 5.75 Å². The molecule has 0 saturated carbocycles. The lowest BCUT2D eigenvalue weighted by Crippen LogP contribution is -2.41. The van der Waals surface area contributed by atoms with E-state index >= 15 is 0 Å². The minimum atomic E-state index is -1.10. The zero-order valence-electron chi connectivity index (χ0n) is 16.8. The molecule has 32 heavy (non-hydrogen) atoms. The molecule has 2 heterocycles. The van der Waals surface area contributed by atoms with E-state index in [1.807, 2.05) is 0 Å². The summed E-state index contributed by atoms with van der Waals surface area (Å²) < 4.78 is 34.3. The Morgan fingerprint density at radius 3 is 2.62 bits per heavy atom. The Hall–Kier alpha value is -3.79. The summed E-state index contributed by atoms with van der Waals surface area (Å²) in [6.07, 6.45) is 0. The van der Waals surface area contributed by atoms with Crippen molar-refractivity contribution < 1.29 is 18.3 Å². The molecule has 0 fully saturated rings. The number of hydrogen-bond donors (Lipinski definition) is 1. The first-order valence-corrected chi connectivity index (χ1v) is 10.3. The highest BCUT2D eigenvalue weighted by Crippen LogP contribution is 2.18. The van der Waals surface area contributed by atoms with Gasteiger partial charge in [-0.2, -0.15) is 0 Å². The number of nitrogens with zero attached hydrogens (tertiary/aromatic N) is 2. The molecule has 2 aromatic carbocycles. The Morgan fingerprint density at radius 1 is 1.06 bits per heavy atom. The molecule has 164 valence electrons. The fraction of sp³-hybridized carbons (Fsp3) is 0.136. The Balaban J connectivity index is 1.70. The van der Waals surface area contributed by atoms with Crippen molar-refractivity contribution in [3.63, 3.8) is 0 Å². The van der Waals surface area contributed by atoms with Crippen LogP contribution in [0.3, 0.4) is 0 Å². The first-order chi connectivity index (χ1) is 15.4. The quantitative estimate of drug-likeness (QED) is 0.482. The number of hydrogen-bond acceptors (Lipinski definition) is 5. The summed E-state index contributed by atoms with van der Waals surface area (Å²) in [5, 5.41) is 4.09. The molecule has 0 radical (unpaired) electrons. The van der Waals surface area contributed by atoms with E-state index in [1.165, 1.54) is 17.7 Å². The summed E-state index contributed by atoms with van der Waals surface area (Å²) >= 11 is 1.16. The lowest BCUT2D eigenvalue weighted by Gasteiger charge is -2.13. The predicted molar refractivity (Wildman–Crippen MR) is 117 cm³/mol. The highest BCUT2D eigenvalue weighted by atomic mass is 32.1. The van der Waals surface area contributed by atoms with Crippen molar-refractivity contribution in [1.82, 2.24) is 9.13 Å². The number of rotatable bonds is 6. The van der Waals surface area contributed by atoms with Gasteiger partial charge in [0.15, 0.2) is 11.6 Å². The minimum absolute atomic E-state index is 0.00645. The zero-order valence-corrected chi connectivity index (χ0v) is 17.6. The van der Waals surface area contributed by atoms with E-state index in [2.05, 4.69) is 5.32 Å². The average molecular weight is 457 g/mol. The van der Waals surface area contributed by atoms with E-state index in [0.717, 1.165) is 28.0 Å². The molecule has 7 nitrogen and oxygen atoms in total. The molecule has 2 aromatic heterocycles. The third-order valence-corrected chi connectivity index (χ3v) is 5.71. The standard InChI is InChI=1S/C22H17F2N3O4S/c1-31-15-4-2-3-13(9-15)11-27-21(29)20-18(7-8-32-20)26(22(27)30)12-19(28)25-14-5-6-16(23)17(24)10-14/h2-10H,11-12H2,1H3,(H,25,28). The van der Waals surface area contributed by atoms with Crippen LogP contribution < -0.4 is 21.3 Å². The third-order valence-electron chi connectivity index (χ3n) is 4.82. The predicted octanol–water partition coefficient (Wildman–Crippen LogP) is 3.20. The van der Waals surface area contributed by atoms with Gasteiger partial charge < -0.3 is 10.1 Å². The highest BCUT2D eigenvalue weighted by molar-refractivity contribution is 7.17. The van der Waals surface area contributed by atoms with E-state index in [0.29, 0.717) is 21.5 Å². The molecule has 0 spiro atoms. The fourth-order valence-corrected chi connectivity index (χ4v) is 4.14. The van der Waals surface area contributed by atoms with Gasteiger partial charge in [-0.05, 0) is 41.3 Å². The number of aromatic nitrogens is 2. The normalized spacial score (nSPS) is 11.0. The maximum absolute atomic E-state index is 13.4. The molecule has 4 aromatic rings. The summed E-state index contributed by atoms with van der Waals surface area (Å²) in [6.45, 7) is -0.420. The van der Waals surface area contributed by atoms with Gasteiger partial charge in [0, 0.05) is 11.8 Å². The maximum atomic E-state index is 13.4. The van der Waals surface area contributed by atoms with E-state index < -0.39 is 35.3 Å². The number of ether oxygens (including phenoxy) is 1. The number of thiophene rings is 1. The van der Waals surface area contributed by atoms with E-state index in [4.69, 9.17) is 4.74 Å². The molecule has 0 atom stereocenters. The van der Waals surface area contributed by atoms with Gasteiger partial charge in [-0.1, -0.05) is 12.1 Å². The van der Waals surface area contributed by atoms with Crippen molar-refractivity contribution >= 4 is 33.1 Å². The molecule has 0 aliphatic heterocycles. The molecule has 1 N–H and O–H groups in total. The second-order valence-electron chi connectivity index (χ2n) is 6.92. The topological polar surface area (TPSA) is 82.3 Å². The van der Waals surface area contributed by atoms with Crippen LogP contribution in [-0.4, -0.2) is 22.2 Å². The maximum Gasteiger partial charge on any atom is 0.332 e. The first kappa shape index (κ1) is 21.4. The number of halogens is 2. The van der Waals surface area contributed by atoms with Crippen LogP contribution in [0.2, 0.25) is 0 Å². The van der Waals surface area contributed by atoms with Crippen LogP contribution >= 0.6 is 11.3 Å². The summed E-state index contributed by atoms with van der Waals surface area (Å²) in [4.78, 5) is 38.6. The van der Waals surface area contributed by atoms with E-state index in [1.54, 1.807) is 35.7 Å². The number of carbonyl (C=O) groups excluding carboxylic acids is 1. The number of fused-ring (bicyclic) bond motifs is 1. The summed E-state index contributed by atoms with van der Waals surface area (Å²) in [6, 6.07) is 11.5. The SMILES string of the molecule is COc1cccc(Cn2c(=O)c3sccc3n(CC(=O)Nc3ccc(F)c(F)c3)c2=O)c1. The molecular weight excluding hydrogens is 440 g/mol. The number of benzene rings is 2. The monoisotopic (exact) mass is 457 g/mol. The van der Waals surface area contributed by atoms with Crippen molar-refractivity contribution in [1.29, 1.82) is 0 Å². The van der Waals surface area contributed by atoms with Crippen molar-refractivity contribution in [2.45, 2.75) is 13.1 Å². The number of carbonyl (C=O) groups is 1. The number of anilines is 1. The van der Waals surface area contributed by atoms with Crippen LogP contribution in [-0.2, 0) is 17.9 Å². The molecule has 4 rings (SSSR count). The number of methoxy groups -OCH3 is 1. The van der Waals surface area contributed by atoms with Crippen molar-refractivity contribution in [2.24, 2.45) is 0 Å². The van der Waals surface area contributed by atoms with Gasteiger partial charge in [-0.3, -0.25) is 18.7 Å². The van der Waals surface area contributed by atoms with Gasteiger partial charge in [0.25, 0.3) is 5.56 Å². The molecule has 0 saturated heterocycles. The lowest BCUT2D eigenvalue weighted by molar-refractivity contribution is -0.116. The zero-order chi connectivity index (χ0) is 22.8. The van der Waals surface area contributed by atoms with Crippen LogP contribution in [0.25, 0.3) is 10.2 Å². The van der Waals surface area contributed by atoms with Gasteiger partial charge in [-0.15, -0.1) is 11.3 Å². The van der Waals surface area contributed by atoms with Crippen molar-refractivity contribution in [3.8, 4) is 5.75 Å². The Labute approximate surface area is 184 Å². The minimum Gasteiger partial charge on any atom is -0.497 e. The van der Waals surface area contributed by atoms with Gasteiger partial charge in [0.2, 0.25) is 5.91 Å². The molecular formula is C22H17F2N3O4S. The van der Waals surface area contributed by atoms with Crippen LogP contribution in [0, 0.1) is 11.6 Å². The van der Waals surface area contributed by atoms with Crippen molar-refractivity contribution in [3.05, 3.63) is 91.9 Å². The largest absolute Gasteiger partial charge is 0.497 e. The summed E-state index contributed by atoms with van der Waals surface area (Å²) in [7, 11) is 1.52. The Bertz CT molecular complexity index is 1440. The van der Waals surface area contributed by atoms with Crippen LogP contribution in [0.15, 0.2) is 63.5 Å². The fourth-order valence-electron chi connectivity index (χ4n) is 3.30. The van der Waals surface area contributed by atoms with Crippen molar-refractivity contribution in [2.75, 3.05) is 12.4 Å². The lowest BCUT2D eigenvalue weighted by atomic mass is 10.2. The third kappa shape index (κ3) is 4.17. The van der Waals surface area contributed by atoms with E-state index in [9.17, 15) is 23.2 Å². The molecule has 10 heteroatoms.